The van der Waals surface area contributed by atoms with E-state index in [2.05, 4.69) is 22.5 Å². The van der Waals surface area contributed by atoms with Crippen LogP contribution in [0.3, 0.4) is 0 Å². The van der Waals surface area contributed by atoms with E-state index < -0.39 is 0 Å². The number of alkyl halides is 1. The Balaban J connectivity index is 2.05. The Kier molecular flexibility index (Phi) is 4.09. The second kappa shape index (κ2) is 5.85. The van der Waals surface area contributed by atoms with E-state index in [4.69, 9.17) is 21.1 Å². The molecule has 1 aromatic heterocycles. The number of rotatable bonds is 5. The van der Waals surface area contributed by atoms with Crippen LogP contribution < -0.4 is 4.74 Å². The van der Waals surface area contributed by atoms with Gasteiger partial charge < -0.3 is 14.0 Å². The molecule has 2 heterocycles. The molecule has 0 N–H and O–H groups in total. The van der Waals surface area contributed by atoms with Crippen LogP contribution in [0.5, 0.6) is 5.75 Å². The summed E-state index contributed by atoms with van der Waals surface area (Å²) in [6, 6.07) is 6.02. The quantitative estimate of drug-likeness (QED) is 0.789. The van der Waals surface area contributed by atoms with Crippen LogP contribution in [0.15, 0.2) is 18.2 Å². The van der Waals surface area contributed by atoms with Crippen molar-refractivity contribution in [2.75, 3.05) is 13.2 Å². The summed E-state index contributed by atoms with van der Waals surface area (Å²) >= 11 is 6.10. The van der Waals surface area contributed by atoms with E-state index >= 15 is 0 Å². The molecule has 4 nitrogen and oxygen atoms in total. The highest BCUT2D eigenvalue weighted by molar-refractivity contribution is 6.16. The predicted octanol–water partition coefficient (Wildman–Crippen LogP) is 3.74. The van der Waals surface area contributed by atoms with Gasteiger partial charge in [-0.25, -0.2) is 4.98 Å². The lowest BCUT2D eigenvalue weighted by atomic mass is 10.0. The molecule has 0 amide bonds. The smallest absolute Gasteiger partial charge is 0.147 e. The molecule has 5 heteroatoms. The molecule has 0 saturated carbocycles. The maximum Gasteiger partial charge on any atom is 0.147 e. The first-order chi connectivity index (χ1) is 10.2. The lowest BCUT2D eigenvalue weighted by molar-refractivity contribution is 0.00661. The Morgan fingerprint density at radius 3 is 3.00 bits per heavy atom. The topological polar surface area (TPSA) is 36.3 Å². The summed E-state index contributed by atoms with van der Waals surface area (Å²) in [5.74, 6) is 2.07. The third-order valence-corrected chi connectivity index (χ3v) is 4.27. The zero-order chi connectivity index (χ0) is 14.9. The maximum absolute atomic E-state index is 6.10. The van der Waals surface area contributed by atoms with Gasteiger partial charge in [0.1, 0.15) is 17.1 Å². The number of halogens is 1. The minimum atomic E-state index is -0.129. The fourth-order valence-electron chi connectivity index (χ4n) is 3.02. The van der Waals surface area contributed by atoms with E-state index in [1.165, 1.54) is 0 Å². The summed E-state index contributed by atoms with van der Waals surface area (Å²) in [7, 11) is 0. The standard InChI is InChI=1S/C16H21ClN2O2/c1-3-20-13-7-4-6-12-15(13)18-14(10-17)19(12)11-16(2)8-5-9-21-16/h4,6-7H,3,5,8-11H2,1-2H3. The zero-order valence-electron chi connectivity index (χ0n) is 12.6. The molecule has 1 atom stereocenters. The first-order valence-electron chi connectivity index (χ1n) is 7.48. The zero-order valence-corrected chi connectivity index (χ0v) is 13.3. The summed E-state index contributed by atoms with van der Waals surface area (Å²) < 4.78 is 13.8. The molecule has 114 valence electrons. The first-order valence-corrected chi connectivity index (χ1v) is 8.01. The third kappa shape index (κ3) is 2.74. The average molecular weight is 309 g/mol. The highest BCUT2D eigenvalue weighted by Gasteiger charge is 2.31. The largest absolute Gasteiger partial charge is 0.492 e. The van der Waals surface area contributed by atoms with Crippen molar-refractivity contribution < 1.29 is 9.47 Å². The van der Waals surface area contributed by atoms with E-state index in [1.807, 2.05) is 19.1 Å². The van der Waals surface area contributed by atoms with Crippen LogP contribution in [0.1, 0.15) is 32.5 Å². The Morgan fingerprint density at radius 1 is 1.48 bits per heavy atom. The Morgan fingerprint density at radius 2 is 2.33 bits per heavy atom. The Hall–Kier alpha value is -1.26. The third-order valence-electron chi connectivity index (χ3n) is 4.03. The van der Waals surface area contributed by atoms with Crippen molar-refractivity contribution in [3.8, 4) is 5.75 Å². The van der Waals surface area contributed by atoms with E-state index in [1.54, 1.807) is 0 Å². The first kappa shape index (κ1) is 14.7. The molecule has 21 heavy (non-hydrogen) atoms. The van der Waals surface area contributed by atoms with Crippen LogP contribution in [-0.4, -0.2) is 28.4 Å². The number of imidazole rings is 1. The highest BCUT2D eigenvalue weighted by Crippen LogP contribution is 2.32. The van der Waals surface area contributed by atoms with Gasteiger partial charge in [-0.1, -0.05) is 6.07 Å². The van der Waals surface area contributed by atoms with E-state index in [9.17, 15) is 0 Å². The molecule has 0 radical (unpaired) electrons. The molecule has 2 aromatic rings. The van der Waals surface area contributed by atoms with Crippen molar-refractivity contribution in [3.63, 3.8) is 0 Å². The molecule has 0 spiro atoms. The molecule has 1 unspecified atom stereocenters. The number of benzene rings is 1. The minimum absolute atomic E-state index is 0.129. The Bertz CT molecular complexity index is 632. The summed E-state index contributed by atoms with van der Waals surface area (Å²) in [5, 5.41) is 0. The van der Waals surface area contributed by atoms with Gasteiger partial charge in [-0.3, -0.25) is 0 Å². The van der Waals surface area contributed by atoms with Crippen molar-refractivity contribution >= 4 is 22.6 Å². The molecule has 1 saturated heterocycles. The number of aromatic nitrogens is 2. The van der Waals surface area contributed by atoms with E-state index in [0.717, 1.165) is 48.6 Å². The molecule has 0 aliphatic carbocycles. The normalized spacial score (nSPS) is 22.0. The molecule has 3 rings (SSSR count). The molecule has 0 bridgehead atoms. The molecule has 1 fully saturated rings. The van der Waals surface area contributed by atoms with Crippen molar-refractivity contribution in [1.82, 2.24) is 9.55 Å². The average Bonchev–Trinajstić information content (AvgIpc) is 3.05. The van der Waals surface area contributed by atoms with Gasteiger partial charge in [0.25, 0.3) is 0 Å². The van der Waals surface area contributed by atoms with Crippen molar-refractivity contribution in [2.24, 2.45) is 0 Å². The molecule has 1 aliphatic heterocycles. The van der Waals surface area contributed by atoms with Gasteiger partial charge in [0.15, 0.2) is 0 Å². The van der Waals surface area contributed by atoms with Crippen LogP contribution in [-0.2, 0) is 17.2 Å². The fraction of sp³-hybridized carbons (Fsp3) is 0.562. The second-order valence-corrected chi connectivity index (χ2v) is 5.97. The van der Waals surface area contributed by atoms with Gasteiger partial charge in [-0.2, -0.15) is 0 Å². The molecule has 1 aromatic carbocycles. The van der Waals surface area contributed by atoms with Crippen LogP contribution >= 0.6 is 11.6 Å². The SMILES string of the molecule is CCOc1cccc2c1nc(CCl)n2CC1(C)CCCO1. The summed E-state index contributed by atoms with van der Waals surface area (Å²) in [5.41, 5.74) is 1.82. The number of ether oxygens (including phenoxy) is 2. The number of hydrogen-bond acceptors (Lipinski definition) is 3. The van der Waals surface area contributed by atoms with E-state index in [0.29, 0.717) is 12.5 Å². The number of hydrogen-bond donors (Lipinski definition) is 0. The number of fused-ring (bicyclic) bond motifs is 1. The number of para-hydroxylation sites is 1. The minimum Gasteiger partial charge on any atom is -0.492 e. The monoisotopic (exact) mass is 308 g/mol. The van der Waals surface area contributed by atoms with Gasteiger partial charge in [0.2, 0.25) is 0 Å². The van der Waals surface area contributed by atoms with Crippen LogP contribution in [0, 0.1) is 0 Å². The molecular weight excluding hydrogens is 288 g/mol. The summed E-state index contributed by atoms with van der Waals surface area (Å²) in [6.45, 7) is 6.38. The lowest BCUT2D eigenvalue weighted by Gasteiger charge is -2.25. The van der Waals surface area contributed by atoms with Crippen LogP contribution in [0.2, 0.25) is 0 Å². The van der Waals surface area contributed by atoms with Crippen molar-refractivity contribution in [3.05, 3.63) is 24.0 Å². The summed E-state index contributed by atoms with van der Waals surface area (Å²) in [4.78, 5) is 4.67. The molecular formula is C16H21ClN2O2. The fourth-order valence-corrected chi connectivity index (χ4v) is 3.22. The van der Waals surface area contributed by atoms with Crippen LogP contribution in [0.4, 0.5) is 0 Å². The van der Waals surface area contributed by atoms with Gasteiger partial charge in [0, 0.05) is 6.61 Å². The van der Waals surface area contributed by atoms with E-state index in [-0.39, 0.29) is 5.60 Å². The number of nitrogens with zero attached hydrogens (tertiary/aromatic N) is 2. The predicted molar refractivity (Wildman–Crippen MR) is 84.1 cm³/mol. The van der Waals surface area contributed by atoms with Gasteiger partial charge in [0.05, 0.1) is 30.1 Å². The van der Waals surface area contributed by atoms with Crippen molar-refractivity contribution in [1.29, 1.82) is 0 Å². The molecule has 1 aliphatic rings. The second-order valence-electron chi connectivity index (χ2n) is 5.71. The van der Waals surface area contributed by atoms with Crippen LogP contribution in [0.25, 0.3) is 11.0 Å². The van der Waals surface area contributed by atoms with Gasteiger partial charge in [-0.15, -0.1) is 11.6 Å². The lowest BCUT2D eigenvalue weighted by Crippen LogP contribution is -2.30. The maximum atomic E-state index is 6.10. The Labute approximate surface area is 130 Å². The van der Waals surface area contributed by atoms with Crippen molar-refractivity contribution in [2.45, 2.75) is 44.7 Å². The summed E-state index contributed by atoms with van der Waals surface area (Å²) in [6.07, 6.45) is 2.18. The van der Waals surface area contributed by atoms with Gasteiger partial charge in [-0.05, 0) is 38.8 Å². The van der Waals surface area contributed by atoms with Gasteiger partial charge >= 0.3 is 0 Å². The highest BCUT2D eigenvalue weighted by atomic mass is 35.5.